The zero-order valence-electron chi connectivity index (χ0n) is 19.7. The number of carbonyl (C=O) groups excluding carboxylic acids is 1. The van der Waals surface area contributed by atoms with Crippen molar-refractivity contribution in [3.8, 4) is 0 Å². The van der Waals surface area contributed by atoms with E-state index in [1.165, 1.54) is 15.6 Å². The van der Waals surface area contributed by atoms with Gasteiger partial charge in [-0.3, -0.25) is 4.79 Å². The van der Waals surface area contributed by atoms with Crippen molar-refractivity contribution < 1.29 is 13.2 Å². The van der Waals surface area contributed by atoms with Gasteiger partial charge in [-0.2, -0.15) is 0 Å². The van der Waals surface area contributed by atoms with E-state index in [9.17, 15) is 13.2 Å². The molecule has 7 heteroatoms. The lowest BCUT2D eigenvalue weighted by molar-refractivity contribution is 0.0943. The molecule has 0 unspecified atom stereocenters. The summed E-state index contributed by atoms with van der Waals surface area (Å²) in [6.45, 7) is 0.523. The first-order chi connectivity index (χ1) is 16.9. The maximum Gasteiger partial charge on any atom is 0.269 e. The lowest BCUT2D eigenvalue weighted by atomic mass is 9.79. The number of anilines is 1. The van der Waals surface area contributed by atoms with Crippen molar-refractivity contribution in [1.82, 2.24) is 9.29 Å². The predicted molar refractivity (Wildman–Crippen MR) is 139 cm³/mol. The summed E-state index contributed by atoms with van der Waals surface area (Å²) < 4.78 is 28.3. The summed E-state index contributed by atoms with van der Waals surface area (Å²) in [4.78, 5) is 13.3. The highest BCUT2D eigenvalue weighted by atomic mass is 32.2. The Morgan fingerprint density at radius 2 is 1.54 bits per heavy atom. The molecular weight excluding hydrogens is 458 g/mol. The van der Waals surface area contributed by atoms with Gasteiger partial charge in [0, 0.05) is 47.7 Å². The fraction of sp³-hybridized carbons (Fsp3) is 0.250. The number of rotatable bonds is 7. The van der Waals surface area contributed by atoms with Crippen LogP contribution in [0.25, 0.3) is 10.8 Å². The van der Waals surface area contributed by atoms with Crippen LogP contribution in [0.5, 0.6) is 0 Å². The SMILES string of the molecule is CNc1ccc(C(=O)NCC2(c3ccccc3)CCCC2)cc1S(=O)(=O)n1cc2ccccc2c1. The third-order valence-electron chi connectivity index (χ3n) is 7.13. The first-order valence-electron chi connectivity index (χ1n) is 11.9. The Bertz CT molecular complexity index is 1440. The number of aromatic nitrogens is 1. The molecule has 0 aliphatic heterocycles. The molecule has 0 radical (unpaired) electrons. The third-order valence-corrected chi connectivity index (χ3v) is 8.79. The average Bonchev–Trinajstić information content (AvgIpc) is 3.56. The molecule has 1 heterocycles. The summed E-state index contributed by atoms with van der Waals surface area (Å²) in [5, 5.41) is 7.71. The van der Waals surface area contributed by atoms with Crippen LogP contribution in [-0.2, 0) is 15.4 Å². The van der Waals surface area contributed by atoms with Gasteiger partial charge in [-0.1, -0.05) is 67.4 Å². The van der Waals surface area contributed by atoms with E-state index in [0.717, 1.165) is 36.5 Å². The van der Waals surface area contributed by atoms with Crippen LogP contribution in [0.1, 0.15) is 41.6 Å². The maximum atomic E-state index is 13.6. The van der Waals surface area contributed by atoms with Crippen LogP contribution >= 0.6 is 0 Å². The van der Waals surface area contributed by atoms with Crippen LogP contribution in [-0.4, -0.2) is 31.9 Å². The molecule has 5 rings (SSSR count). The Labute approximate surface area is 206 Å². The molecule has 2 N–H and O–H groups in total. The first-order valence-corrected chi connectivity index (χ1v) is 13.3. The van der Waals surface area contributed by atoms with Crippen LogP contribution in [0.4, 0.5) is 5.69 Å². The number of benzene rings is 3. The molecule has 1 amide bonds. The van der Waals surface area contributed by atoms with E-state index in [-0.39, 0.29) is 16.2 Å². The maximum absolute atomic E-state index is 13.6. The second-order valence-electron chi connectivity index (χ2n) is 9.22. The molecule has 1 fully saturated rings. The van der Waals surface area contributed by atoms with Crippen molar-refractivity contribution >= 4 is 32.4 Å². The van der Waals surface area contributed by atoms with E-state index in [0.29, 0.717) is 17.8 Å². The fourth-order valence-electron chi connectivity index (χ4n) is 5.16. The zero-order chi connectivity index (χ0) is 24.5. The van der Waals surface area contributed by atoms with Gasteiger partial charge in [0.15, 0.2) is 0 Å². The van der Waals surface area contributed by atoms with Crippen molar-refractivity contribution in [2.24, 2.45) is 0 Å². The number of nitrogens with zero attached hydrogens (tertiary/aromatic N) is 1. The Balaban J connectivity index is 1.44. The second kappa shape index (κ2) is 9.23. The summed E-state index contributed by atoms with van der Waals surface area (Å²) >= 11 is 0. The van der Waals surface area contributed by atoms with Crippen LogP contribution in [0.2, 0.25) is 0 Å². The van der Waals surface area contributed by atoms with Crippen molar-refractivity contribution in [3.05, 3.63) is 96.3 Å². The van der Waals surface area contributed by atoms with Crippen molar-refractivity contribution in [2.75, 3.05) is 18.9 Å². The minimum atomic E-state index is -3.91. The standard InChI is InChI=1S/C28H29N3O3S/c1-29-25-14-13-21(17-26(25)35(33,34)31-18-22-9-5-6-10-23(22)19-31)27(32)30-20-28(15-7-8-16-28)24-11-3-2-4-12-24/h2-6,9-14,17-19,29H,7-8,15-16,20H2,1H3,(H,30,32). The van der Waals surface area contributed by atoms with E-state index in [2.05, 4.69) is 22.8 Å². The molecule has 0 atom stereocenters. The van der Waals surface area contributed by atoms with E-state index in [4.69, 9.17) is 0 Å². The number of hydrogen-bond donors (Lipinski definition) is 2. The lowest BCUT2D eigenvalue weighted by Crippen LogP contribution is -2.39. The van der Waals surface area contributed by atoms with Gasteiger partial charge < -0.3 is 10.6 Å². The number of nitrogens with one attached hydrogen (secondary N) is 2. The first kappa shape index (κ1) is 23.2. The molecule has 1 aromatic heterocycles. The zero-order valence-corrected chi connectivity index (χ0v) is 20.5. The lowest BCUT2D eigenvalue weighted by Gasteiger charge is -2.30. The van der Waals surface area contributed by atoms with Crippen LogP contribution in [0.3, 0.4) is 0 Å². The smallest absolute Gasteiger partial charge is 0.269 e. The van der Waals surface area contributed by atoms with Crippen molar-refractivity contribution in [2.45, 2.75) is 36.0 Å². The monoisotopic (exact) mass is 487 g/mol. The molecule has 1 saturated carbocycles. The topological polar surface area (TPSA) is 80.2 Å². The molecule has 3 aromatic carbocycles. The number of hydrogen-bond acceptors (Lipinski definition) is 4. The van der Waals surface area contributed by atoms with E-state index >= 15 is 0 Å². The van der Waals surface area contributed by atoms with Crippen LogP contribution in [0.15, 0.2) is 90.1 Å². The van der Waals surface area contributed by atoms with E-state index in [1.807, 2.05) is 42.5 Å². The number of amides is 1. The molecule has 0 bridgehead atoms. The largest absolute Gasteiger partial charge is 0.387 e. The molecule has 1 aliphatic rings. The predicted octanol–water partition coefficient (Wildman–Crippen LogP) is 5.16. The van der Waals surface area contributed by atoms with Crippen molar-refractivity contribution in [1.29, 1.82) is 0 Å². The van der Waals surface area contributed by atoms with E-state index in [1.54, 1.807) is 31.6 Å². The van der Waals surface area contributed by atoms with E-state index < -0.39 is 10.0 Å². The average molecular weight is 488 g/mol. The minimum Gasteiger partial charge on any atom is -0.387 e. The Morgan fingerprint density at radius 3 is 2.17 bits per heavy atom. The van der Waals surface area contributed by atoms with Gasteiger partial charge in [-0.05, 0) is 36.6 Å². The highest BCUT2D eigenvalue weighted by molar-refractivity contribution is 7.90. The van der Waals surface area contributed by atoms with Gasteiger partial charge in [0.1, 0.15) is 4.90 Å². The molecule has 180 valence electrons. The molecule has 1 aliphatic carbocycles. The fourth-order valence-corrected chi connectivity index (χ4v) is 6.61. The van der Waals surface area contributed by atoms with Gasteiger partial charge in [0.25, 0.3) is 15.9 Å². The van der Waals surface area contributed by atoms with Gasteiger partial charge in [0.05, 0.1) is 5.69 Å². The van der Waals surface area contributed by atoms with Crippen LogP contribution in [0, 0.1) is 0 Å². The third kappa shape index (κ3) is 4.32. The van der Waals surface area contributed by atoms with Gasteiger partial charge in [-0.15, -0.1) is 0 Å². The number of carbonyl (C=O) groups is 1. The van der Waals surface area contributed by atoms with Gasteiger partial charge in [0.2, 0.25) is 0 Å². The summed E-state index contributed by atoms with van der Waals surface area (Å²) in [5.41, 5.74) is 1.92. The van der Waals surface area contributed by atoms with Gasteiger partial charge in [-0.25, -0.2) is 12.4 Å². The molecule has 4 aromatic rings. The quantitative estimate of drug-likeness (QED) is 0.377. The summed E-state index contributed by atoms with van der Waals surface area (Å²) in [6.07, 6.45) is 7.51. The summed E-state index contributed by atoms with van der Waals surface area (Å²) in [6, 6.07) is 22.6. The number of fused-ring (bicyclic) bond motifs is 1. The van der Waals surface area contributed by atoms with Crippen molar-refractivity contribution in [3.63, 3.8) is 0 Å². The summed E-state index contributed by atoms with van der Waals surface area (Å²) in [7, 11) is -2.24. The van der Waals surface area contributed by atoms with Gasteiger partial charge >= 0.3 is 0 Å². The molecule has 35 heavy (non-hydrogen) atoms. The molecule has 0 saturated heterocycles. The highest BCUT2D eigenvalue weighted by Gasteiger charge is 2.36. The molecule has 0 spiro atoms. The molecule has 6 nitrogen and oxygen atoms in total. The minimum absolute atomic E-state index is 0.0617. The van der Waals surface area contributed by atoms with Crippen LogP contribution < -0.4 is 10.6 Å². The Morgan fingerprint density at radius 1 is 0.914 bits per heavy atom. The Hall–Kier alpha value is -3.58. The highest BCUT2D eigenvalue weighted by Crippen LogP contribution is 2.40. The Kier molecular flexibility index (Phi) is 6.11. The normalized spacial score (nSPS) is 15.2. The molecular formula is C28H29N3O3S. The summed E-state index contributed by atoms with van der Waals surface area (Å²) in [5.74, 6) is -0.274. The second-order valence-corrected chi connectivity index (χ2v) is 11.0.